The second-order valence-electron chi connectivity index (χ2n) is 5.10. The molecule has 0 aromatic rings. The van der Waals surface area contributed by atoms with Gasteiger partial charge in [-0.2, -0.15) is 0 Å². The van der Waals surface area contributed by atoms with Crippen LogP contribution in [0.4, 0.5) is 0 Å². The number of carbonyl (C=O) groups is 3. The summed E-state index contributed by atoms with van der Waals surface area (Å²) in [4.78, 5) is 37.7. The molecule has 2 rings (SSSR count). The molecule has 0 aromatic heterocycles. The van der Waals surface area contributed by atoms with Crippen molar-refractivity contribution in [2.75, 3.05) is 20.1 Å². The zero-order valence-electron chi connectivity index (χ0n) is 10.5. The Labute approximate surface area is 106 Å². The lowest BCUT2D eigenvalue weighted by molar-refractivity contribution is -0.149. The number of carboxylic acid groups (broad SMARTS) is 1. The highest BCUT2D eigenvalue weighted by atomic mass is 16.4. The van der Waals surface area contributed by atoms with E-state index in [4.69, 9.17) is 5.11 Å². The summed E-state index contributed by atoms with van der Waals surface area (Å²) in [6, 6.07) is 0.0726. The average molecular weight is 254 g/mol. The van der Waals surface area contributed by atoms with E-state index in [1.54, 1.807) is 11.9 Å². The summed E-state index contributed by atoms with van der Waals surface area (Å²) < 4.78 is 0. The fourth-order valence-corrected chi connectivity index (χ4v) is 2.31. The maximum absolute atomic E-state index is 12.3. The third kappa shape index (κ3) is 2.80. The molecule has 100 valence electrons. The predicted octanol–water partition coefficient (Wildman–Crippen LogP) is -0.0696. The summed E-state index contributed by atoms with van der Waals surface area (Å²) in [6.45, 7) is 0.324. The Kier molecular flexibility index (Phi) is 3.54. The van der Waals surface area contributed by atoms with Gasteiger partial charge in [-0.05, 0) is 19.3 Å². The number of nitrogens with zero attached hydrogens (tertiary/aromatic N) is 2. The third-order valence-corrected chi connectivity index (χ3v) is 3.59. The second-order valence-corrected chi connectivity index (χ2v) is 5.10. The van der Waals surface area contributed by atoms with Crippen molar-refractivity contribution in [1.29, 1.82) is 0 Å². The van der Waals surface area contributed by atoms with Crippen molar-refractivity contribution in [3.8, 4) is 0 Å². The van der Waals surface area contributed by atoms with E-state index in [1.165, 1.54) is 4.90 Å². The van der Waals surface area contributed by atoms with Crippen LogP contribution >= 0.6 is 0 Å². The van der Waals surface area contributed by atoms with Crippen LogP contribution in [0.1, 0.15) is 25.7 Å². The van der Waals surface area contributed by atoms with Crippen LogP contribution in [0.2, 0.25) is 0 Å². The van der Waals surface area contributed by atoms with E-state index in [9.17, 15) is 14.4 Å². The number of likely N-dealkylation sites (tertiary alicyclic amines) is 1. The molecule has 1 aliphatic carbocycles. The van der Waals surface area contributed by atoms with Gasteiger partial charge in [-0.15, -0.1) is 0 Å². The summed E-state index contributed by atoms with van der Waals surface area (Å²) in [6.07, 6.45) is 2.58. The third-order valence-electron chi connectivity index (χ3n) is 3.59. The number of hydrogen-bond donors (Lipinski definition) is 1. The van der Waals surface area contributed by atoms with Gasteiger partial charge in [0.1, 0.15) is 6.54 Å². The highest BCUT2D eigenvalue weighted by Gasteiger charge is 2.39. The van der Waals surface area contributed by atoms with Gasteiger partial charge in [-0.25, -0.2) is 0 Å². The highest BCUT2D eigenvalue weighted by Crippen LogP contribution is 2.30. The molecule has 2 fully saturated rings. The zero-order chi connectivity index (χ0) is 13.3. The smallest absolute Gasteiger partial charge is 0.323 e. The molecular weight excluding hydrogens is 236 g/mol. The maximum Gasteiger partial charge on any atom is 0.323 e. The lowest BCUT2D eigenvalue weighted by Gasteiger charge is -2.31. The van der Waals surface area contributed by atoms with Crippen molar-refractivity contribution in [3.63, 3.8) is 0 Å². The molecule has 0 spiro atoms. The Morgan fingerprint density at radius 2 is 2.06 bits per heavy atom. The molecule has 2 aliphatic rings. The fourth-order valence-electron chi connectivity index (χ4n) is 2.31. The van der Waals surface area contributed by atoms with E-state index in [0.717, 1.165) is 12.8 Å². The molecule has 1 atom stereocenters. The second kappa shape index (κ2) is 4.96. The van der Waals surface area contributed by atoms with E-state index < -0.39 is 5.97 Å². The first kappa shape index (κ1) is 12.9. The molecule has 0 radical (unpaired) electrons. The number of hydrogen-bond acceptors (Lipinski definition) is 3. The Morgan fingerprint density at radius 3 is 2.56 bits per heavy atom. The molecule has 0 bridgehead atoms. The first-order valence-corrected chi connectivity index (χ1v) is 6.25. The number of piperidine rings is 1. The predicted molar refractivity (Wildman–Crippen MR) is 62.7 cm³/mol. The van der Waals surface area contributed by atoms with Crippen LogP contribution in [0.3, 0.4) is 0 Å². The van der Waals surface area contributed by atoms with Crippen LogP contribution in [0, 0.1) is 5.92 Å². The topological polar surface area (TPSA) is 77.9 Å². The Bertz CT molecular complexity index is 378. The Morgan fingerprint density at radius 1 is 1.39 bits per heavy atom. The number of aliphatic carboxylic acids is 1. The molecular formula is C12H18N2O4. The molecule has 0 unspecified atom stereocenters. The standard InChI is InChI=1S/C12H18N2O4/c1-13-5-4-8(6-10(13)15)12(18)14(7-11(16)17)9-2-3-9/h8-9H,2-7H2,1H3,(H,16,17)/t8-/m1/s1. The first-order valence-electron chi connectivity index (χ1n) is 6.25. The molecule has 18 heavy (non-hydrogen) atoms. The van der Waals surface area contributed by atoms with Crippen LogP contribution in [0.15, 0.2) is 0 Å². The Balaban J connectivity index is 2.00. The number of carboxylic acids is 1. The molecule has 6 heteroatoms. The van der Waals surface area contributed by atoms with Gasteiger partial charge < -0.3 is 14.9 Å². The van der Waals surface area contributed by atoms with Gasteiger partial charge in [0.15, 0.2) is 0 Å². The normalized spacial score (nSPS) is 23.9. The molecule has 1 heterocycles. The van der Waals surface area contributed by atoms with Crippen molar-refractivity contribution < 1.29 is 19.5 Å². The lowest BCUT2D eigenvalue weighted by atomic mass is 9.95. The molecule has 1 N–H and O–H groups in total. The monoisotopic (exact) mass is 254 g/mol. The minimum atomic E-state index is -0.991. The van der Waals surface area contributed by atoms with Gasteiger partial charge in [0.2, 0.25) is 11.8 Å². The van der Waals surface area contributed by atoms with Crippen LogP contribution in [-0.4, -0.2) is 58.9 Å². The average Bonchev–Trinajstić information content (AvgIpc) is 3.12. The summed E-state index contributed by atoms with van der Waals surface area (Å²) in [7, 11) is 1.72. The van der Waals surface area contributed by atoms with Gasteiger partial charge in [-0.1, -0.05) is 0 Å². The molecule has 2 amide bonds. The Hall–Kier alpha value is -1.59. The van der Waals surface area contributed by atoms with Gasteiger partial charge in [0.25, 0.3) is 0 Å². The van der Waals surface area contributed by atoms with Gasteiger partial charge in [0.05, 0.1) is 0 Å². The maximum atomic E-state index is 12.3. The fraction of sp³-hybridized carbons (Fsp3) is 0.750. The SMILES string of the molecule is CN1CC[C@@H](C(=O)N(CC(=O)O)C2CC2)CC1=O. The van der Waals surface area contributed by atoms with E-state index in [1.807, 2.05) is 0 Å². The molecule has 1 saturated carbocycles. The summed E-state index contributed by atoms with van der Waals surface area (Å²) >= 11 is 0. The van der Waals surface area contributed by atoms with Gasteiger partial charge in [-0.3, -0.25) is 14.4 Å². The van der Waals surface area contributed by atoms with Crippen LogP contribution < -0.4 is 0 Å². The number of rotatable bonds is 4. The first-order chi connectivity index (χ1) is 8.49. The molecule has 1 aliphatic heterocycles. The zero-order valence-corrected chi connectivity index (χ0v) is 10.5. The number of carbonyl (C=O) groups excluding carboxylic acids is 2. The quantitative estimate of drug-likeness (QED) is 0.761. The van der Waals surface area contributed by atoms with Crippen LogP contribution in [-0.2, 0) is 14.4 Å². The largest absolute Gasteiger partial charge is 0.480 e. The van der Waals surface area contributed by atoms with Gasteiger partial charge >= 0.3 is 5.97 Å². The molecule has 1 saturated heterocycles. The summed E-state index contributed by atoms with van der Waals surface area (Å²) in [5.41, 5.74) is 0. The minimum absolute atomic E-state index is 0.0364. The summed E-state index contributed by atoms with van der Waals surface area (Å²) in [5.74, 6) is -1.53. The van der Waals surface area contributed by atoms with Crippen molar-refractivity contribution in [3.05, 3.63) is 0 Å². The number of amides is 2. The van der Waals surface area contributed by atoms with Gasteiger partial charge in [0, 0.05) is 32.0 Å². The summed E-state index contributed by atoms with van der Waals surface area (Å²) in [5, 5.41) is 8.83. The van der Waals surface area contributed by atoms with E-state index in [2.05, 4.69) is 0 Å². The lowest BCUT2D eigenvalue weighted by Crippen LogP contribution is -2.46. The van der Waals surface area contributed by atoms with Crippen molar-refractivity contribution >= 4 is 17.8 Å². The van der Waals surface area contributed by atoms with Crippen LogP contribution in [0.5, 0.6) is 0 Å². The highest BCUT2D eigenvalue weighted by molar-refractivity contribution is 5.89. The van der Waals surface area contributed by atoms with Crippen LogP contribution in [0.25, 0.3) is 0 Å². The van der Waals surface area contributed by atoms with E-state index in [0.29, 0.717) is 13.0 Å². The minimum Gasteiger partial charge on any atom is -0.480 e. The van der Waals surface area contributed by atoms with Crippen molar-refractivity contribution in [2.45, 2.75) is 31.7 Å². The molecule has 0 aromatic carbocycles. The van der Waals surface area contributed by atoms with Crippen molar-refractivity contribution in [2.24, 2.45) is 5.92 Å². The van der Waals surface area contributed by atoms with E-state index in [-0.39, 0.29) is 36.7 Å². The van der Waals surface area contributed by atoms with E-state index >= 15 is 0 Å². The van der Waals surface area contributed by atoms with Crippen molar-refractivity contribution in [1.82, 2.24) is 9.80 Å². The molecule has 6 nitrogen and oxygen atoms in total.